The topological polar surface area (TPSA) is 55.4 Å². The fourth-order valence-corrected chi connectivity index (χ4v) is 1.51. The second-order valence-electron chi connectivity index (χ2n) is 3.04. The van der Waals surface area contributed by atoms with Crippen LogP contribution in [0.25, 0.3) is 0 Å². The largest absolute Gasteiger partial charge is 0.466 e. The van der Waals surface area contributed by atoms with E-state index in [1.165, 1.54) is 0 Å². The van der Waals surface area contributed by atoms with Gasteiger partial charge in [-0.3, -0.25) is 9.59 Å². The number of rotatable bonds is 4. The molecule has 1 amide bonds. The second kappa shape index (κ2) is 6.27. The second-order valence-corrected chi connectivity index (χ2v) is 3.96. The molecule has 0 aliphatic carbocycles. The number of carbonyl (C=O) groups is 2. The fourth-order valence-electron chi connectivity index (χ4n) is 1.11. The highest BCUT2D eigenvalue weighted by atomic mass is 79.9. The van der Waals surface area contributed by atoms with Crippen LogP contribution < -0.4 is 5.32 Å². The molecule has 0 fully saturated rings. The Kier molecular flexibility index (Phi) is 4.98. The Balaban J connectivity index is 2.48. The van der Waals surface area contributed by atoms with Crippen LogP contribution in [0.2, 0.25) is 0 Å². The Morgan fingerprint density at radius 3 is 2.81 bits per heavy atom. The Hall–Kier alpha value is -1.36. The number of hydrogen-bond acceptors (Lipinski definition) is 3. The van der Waals surface area contributed by atoms with Gasteiger partial charge in [-0.05, 0) is 25.1 Å². The van der Waals surface area contributed by atoms with Crippen molar-refractivity contribution in [1.82, 2.24) is 0 Å². The molecule has 5 heteroatoms. The molecule has 4 nitrogen and oxygen atoms in total. The molecule has 16 heavy (non-hydrogen) atoms. The van der Waals surface area contributed by atoms with E-state index in [1.54, 1.807) is 25.1 Å². The van der Waals surface area contributed by atoms with E-state index in [1.807, 2.05) is 6.07 Å². The van der Waals surface area contributed by atoms with Gasteiger partial charge in [-0.15, -0.1) is 0 Å². The molecule has 86 valence electrons. The average Bonchev–Trinajstić information content (AvgIpc) is 2.17. The third kappa shape index (κ3) is 4.44. The van der Waals surface area contributed by atoms with Crippen molar-refractivity contribution in [2.75, 3.05) is 11.9 Å². The predicted molar refractivity (Wildman–Crippen MR) is 64.0 cm³/mol. The molecule has 1 rings (SSSR count). The number of nitrogens with one attached hydrogen (secondary N) is 1. The number of amides is 1. The van der Waals surface area contributed by atoms with Crippen LogP contribution in [0.15, 0.2) is 28.7 Å². The van der Waals surface area contributed by atoms with Gasteiger partial charge >= 0.3 is 5.97 Å². The van der Waals surface area contributed by atoms with Gasteiger partial charge in [-0.2, -0.15) is 0 Å². The van der Waals surface area contributed by atoms with Gasteiger partial charge in [0.25, 0.3) is 0 Å². The summed E-state index contributed by atoms with van der Waals surface area (Å²) in [4.78, 5) is 22.4. The van der Waals surface area contributed by atoms with E-state index in [0.29, 0.717) is 5.69 Å². The molecule has 0 saturated carbocycles. The first-order valence-electron chi connectivity index (χ1n) is 4.83. The van der Waals surface area contributed by atoms with E-state index in [9.17, 15) is 9.59 Å². The predicted octanol–water partition coefficient (Wildman–Crippen LogP) is 2.34. The van der Waals surface area contributed by atoms with Gasteiger partial charge in [-0.1, -0.05) is 22.0 Å². The van der Waals surface area contributed by atoms with Crippen LogP contribution in [0.1, 0.15) is 13.3 Å². The molecule has 0 aliphatic rings. The van der Waals surface area contributed by atoms with Crippen LogP contribution in [0.4, 0.5) is 5.69 Å². The van der Waals surface area contributed by atoms with Crippen LogP contribution in [-0.4, -0.2) is 18.5 Å². The zero-order valence-corrected chi connectivity index (χ0v) is 10.4. The molecule has 0 atom stereocenters. The highest BCUT2D eigenvalue weighted by molar-refractivity contribution is 9.10. The van der Waals surface area contributed by atoms with Crippen molar-refractivity contribution in [1.29, 1.82) is 0 Å². The maximum atomic E-state index is 11.4. The Bertz CT molecular complexity index is 393. The first-order chi connectivity index (χ1) is 7.61. The molecule has 0 heterocycles. The summed E-state index contributed by atoms with van der Waals surface area (Å²) in [6, 6.07) is 7.14. The average molecular weight is 286 g/mol. The monoisotopic (exact) mass is 285 g/mol. The van der Waals surface area contributed by atoms with Crippen LogP contribution in [0.5, 0.6) is 0 Å². The minimum absolute atomic E-state index is 0.264. The third-order valence-corrected chi connectivity index (χ3v) is 2.21. The van der Waals surface area contributed by atoms with Gasteiger partial charge in [-0.25, -0.2) is 0 Å². The van der Waals surface area contributed by atoms with Crippen molar-refractivity contribution < 1.29 is 14.3 Å². The Morgan fingerprint density at radius 1 is 1.44 bits per heavy atom. The summed E-state index contributed by atoms with van der Waals surface area (Å²) < 4.78 is 5.53. The summed E-state index contributed by atoms with van der Waals surface area (Å²) in [6.07, 6.45) is -0.264. The molecule has 1 N–H and O–H groups in total. The number of hydrogen-bond donors (Lipinski definition) is 1. The van der Waals surface area contributed by atoms with Crippen molar-refractivity contribution in [3.8, 4) is 0 Å². The van der Waals surface area contributed by atoms with E-state index >= 15 is 0 Å². The molecular formula is C11H12BrNO3. The van der Waals surface area contributed by atoms with E-state index in [-0.39, 0.29) is 18.9 Å². The summed E-state index contributed by atoms with van der Waals surface area (Å²) in [5.41, 5.74) is 0.642. The van der Waals surface area contributed by atoms with Crippen LogP contribution in [-0.2, 0) is 14.3 Å². The van der Waals surface area contributed by atoms with Gasteiger partial charge in [0, 0.05) is 10.2 Å². The first-order valence-corrected chi connectivity index (χ1v) is 5.62. The van der Waals surface area contributed by atoms with E-state index in [4.69, 9.17) is 0 Å². The van der Waals surface area contributed by atoms with Crippen LogP contribution in [0.3, 0.4) is 0 Å². The molecule has 0 spiro atoms. The summed E-state index contributed by atoms with van der Waals surface area (Å²) >= 11 is 3.28. The fraction of sp³-hybridized carbons (Fsp3) is 0.273. The van der Waals surface area contributed by atoms with Crippen molar-refractivity contribution in [3.63, 3.8) is 0 Å². The molecule has 0 unspecified atom stereocenters. The Morgan fingerprint density at radius 2 is 2.19 bits per heavy atom. The smallest absolute Gasteiger partial charge is 0.315 e. The van der Waals surface area contributed by atoms with Gasteiger partial charge in [0.15, 0.2) is 0 Å². The number of benzene rings is 1. The number of anilines is 1. The van der Waals surface area contributed by atoms with E-state index < -0.39 is 5.97 Å². The summed E-state index contributed by atoms with van der Waals surface area (Å²) in [7, 11) is 0. The van der Waals surface area contributed by atoms with Gasteiger partial charge in [0.2, 0.25) is 5.91 Å². The molecule has 0 saturated heterocycles. The van der Waals surface area contributed by atoms with Gasteiger partial charge in [0.1, 0.15) is 6.42 Å². The number of esters is 1. The minimum Gasteiger partial charge on any atom is -0.466 e. The minimum atomic E-state index is -0.519. The summed E-state index contributed by atoms with van der Waals surface area (Å²) in [5.74, 6) is -0.897. The lowest BCUT2D eigenvalue weighted by Crippen LogP contribution is -2.18. The van der Waals surface area contributed by atoms with Crippen molar-refractivity contribution in [3.05, 3.63) is 28.7 Å². The molecule has 1 aromatic rings. The van der Waals surface area contributed by atoms with E-state index in [2.05, 4.69) is 26.0 Å². The quantitative estimate of drug-likeness (QED) is 0.682. The molecule has 0 bridgehead atoms. The standard InChI is InChI=1S/C11H12BrNO3/c1-2-16-11(15)7-10(14)13-9-5-3-4-8(12)6-9/h3-6H,2,7H2,1H3,(H,13,14). The Labute approximate surface area is 102 Å². The van der Waals surface area contributed by atoms with Gasteiger partial charge < -0.3 is 10.1 Å². The highest BCUT2D eigenvalue weighted by Crippen LogP contribution is 2.15. The lowest BCUT2D eigenvalue weighted by atomic mass is 10.3. The van der Waals surface area contributed by atoms with Gasteiger partial charge in [0.05, 0.1) is 6.61 Å². The number of halogens is 1. The maximum absolute atomic E-state index is 11.4. The van der Waals surface area contributed by atoms with E-state index in [0.717, 1.165) is 4.47 Å². The third-order valence-electron chi connectivity index (χ3n) is 1.72. The summed E-state index contributed by atoms with van der Waals surface area (Å²) in [5, 5.41) is 2.60. The summed E-state index contributed by atoms with van der Waals surface area (Å²) in [6.45, 7) is 1.98. The lowest BCUT2D eigenvalue weighted by Gasteiger charge is -2.05. The van der Waals surface area contributed by atoms with Crippen molar-refractivity contribution >= 4 is 33.5 Å². The first kappa shape index (κ1) is 12.7. The zero-order valence-electron chi connectivity index (χ0n) is 8.83. The lowest BCUT2D eigenvalue weighted by molar-refractivity contribution is -0.145. The molecular weight excluding hydrogens is 274 g/mol. The van der Waals surface area contributed by atoms with Crippen LogP contribution in [0, 0.1) is 0 Å². The van der Waals surface area contributed by atoms with Crippen LogP contribution >= 0.6 is 15.9 Å². The molecule has 1 aromatic carbocycles. The number of carbonyl (C=O) groups excluding carboxylic acids is 2. The zero-order chi connectivity index (χ0) is 12.0. The normalized spacial score (nSPS) is 9.62. The van der Waals surface area contributed by atoms with Crippen molar-refractivity contribution in [2.45, 2.75) is 13.3 Å². The van der Waals surface area contributed by atoms with Crippen molar-refractivity contribution in [2.24, 2.45) is 0 Å². The molecule has 0 radical (unpaired) electrons. The maximum Gasteiger partial charge on any atom is 0.315 e. The number of ether oxygens (including phenoxy) is 1. The highest BCUT2D eigenvalue weighted by Gasteiger charge is 2.10. The molecule has 0 aliphatic heterocycles. The SMILES string of the molecule is CCOC(=O)CC(=O)Nc1cccc(Br)c1. The molecule has 0 aromatic heterocycles.